The van der Waals surface area contributed by atoms with Crippen LogP contribution < -0.4 is 27.2 Å². The first-order valence-corrected chi connectivity index (χ1v) is 9.41. The van der Waals surface area contributed by atoms with E-state index >= 15 is 0 Å². The number of hydrogen-bond acceptors (Lipinski definition) is 3. The summed E-state index contributed by atoms with van der Waals surface area (Å²) in [5.74, 6) is -0.340. The van der Waals surface area contributed by atoms with Crippen molar-refractivity contribution in [3.8, 4) is 17.2 Å². The highest BCUT2D eigenvalue weighted by Crippen LogP contribution is 2.38. The van der Waals surface area contributed by atoms with Crippen LogP contribution in [0.2, 0.25) is 0 Å². The minimum absolute atomic E-state index is 0. The van der Waals surface area contributed by atoms with E-state index in [1.807, 2.05) is 48.9 Å². The number of aromatic nitrogens is 1. The summed E-state index contributed by atoms with van der Waals surface area (Å²) in [5, 5.41) is 3.36. The fourth-order valence-electron chi connectivity index (χ4n) is 3.67. The van der Waals surface area contributed by atoms with Crippen molar-refractivity contribution >= 4 is 0 Å². The molecular formula is C22H22ClF2N2O2-. The normalized spacial score (nSPS) is 15.0. The summed E-state index contributed by atoms with van der Waals surface area (Å²) >= 11 is 0. The summed E-state index contributed by atoms with van der Waals surface area (Å²) in [6, 6.07) is 11.5. The molecule has 1 aliphatic heterocycles. The van der Waals surface area contributed by atoms with Gasteiger partial charge in [-0.3, -0.25) is 0 Å². The van der Waals surface area contributed by atoms with E-state index in [0.29, 0.717) is 31.3 Å². The lowest BCUT2D eigenvalue weighted by Crippen LogP contribution is -3.00. The van der Waals surface area contributed by atoms with Gasteiger partial charge in [-0.05, 0) is 43.7 Å². The molecule has 1 unspecified atom stereocenters. The molecule has 29 heavy (non-hydrogen) atoms. The summed E-state index contributed by atoms with van der Waals surface area (Å²) in [6.45, 7) is 5.37. The lowest BCUT2D eigenvalue weighted by atomic mass is 10.0. The molecule has 154 valence electrons. The van der Waals surface area contributed by atoms with Crippen molar-refractivity contribution in [2.24, 2.45) is 0 Å². The van der Waals surface area contributed by atoms with Gasteiger partial charge in [0, 0.05) is 30.1 Å². The summed E-state index contributed by atoms with van der Waals surface area (Å²) in [7, 11) is 0. The van der Waals surface area contributed by atoms with E-state index in [1.165, 1.54) is 6.07 Å². The predicted molar refractivity (Wildman–Crippen MR) is 103 cm³/mol. The van der Waals surface area contributed by atoms with Gasteiger partial charge < -0.3 is 31.8 Å². The molecule has 0 saturated carbocycles. The van der Waals surface area contributed by atoms with Crippen LogP contribution in [0.5, 0.6) is 11.5 Å². The second-order valence-corrected chi connectivity index (χ2v) is 6.55. The number of hydrogen-bond donors (Lipinski definition) is 1. The molecule has 0 fully saturated rings. The van der Waals surface area contributed by atoms with Gasteiger partial charge in [0.05, 0.1) is 24.9 Å². The molecule has 4 rings (SSSR count). The Hall–Kier alpha value is -2.57. The maximum absolute atomic E-state index is 14.5. The minimum Gasteiger partial charge on any atom is -1.00 e. The van der Waals surface area contributed by atoms with Gasteiger partial charge >= 0.3 is 0 Å². The molecule has 0 spiro atoms. The van der Waals surface area contributed by atoms with Crippen LogP contribution in [-0.2, 0) is 6.54 Å². The fourth-order valence-corrected chi connectivity index (χ4v) is 3.67. The molecule has 0 amide bonds. The van der Waals surface area contributed by atoms with Crippen LogP contribution in [0.15, 0.2) is 48.7 Å². The topological polar surface area (TPSA) is 35.4 Å². The quantitative estimate of drug-likeness (QED) is 0.684. The van der Waals surface area contributed by atoms with E-state index in [9.17, 15) is 8.78 Å². The summed E-state index contributed by atoms with van der Waals surface area (Å²) in [5.41, 5.74) is 3.03. The van der Waals surface area contributed by atoms with Gasteiger partial charge in [-0.2, -0.15) is 0 Å². The molecule has 1 N–H and O–H groups in total. The van der Waals surface area contributed by atoms with E-state index < -0.39 is 17.7 Å². The van der Waals surface area contributed by atoms with E-state index in [2.05, 4.69) is 5.32 Å². The highest BCUT2D eigenvalue weighted by molar-refractivity contribution is 5.56. The van der Waals surface area contributed by atoms with Crippen LogP contribution in [0.3, 0.4) is 0 Å². The van der Waals surface area contributed by atoms with Gasteiger partial charge in [-0.25, -0.2) is 8.78 Å². The largest absolute Gasteiger partial charge is 1.00 e. The number of benzene rings is 2. The van der Waals surface area contributed by atoms with Crippen LogP contribution in [0.25, 0.3) is 5.69 Å². The monoisotopic (exact) mass is 419 g/mol. The molecule has 0 aliphatic carbocycles. The Balaban J connectivity index is 0.00000240. The van der Waals surface area contributed by atoms with Crippen molar-refractivity contribution in [1.82, 2.24) is 9.88 Å². The molecule has 0 bridgehead atoms. The minimum atomic E-state index is -0.851. The SMILES string of the molecule is CCOc1cc2c(cc1OCC)-n1cccc1C(c1cccc(F)c1F)NC2.[Cl-]. The second kappa shape index (κ2) is 8.84. The Labute approximate surface area is 174 Å². The van der Waals surface area contributed by atoms with E-state index in [-0.39, 0.29) is 18.0 Å². The molecule has 4 nitrogen and oxygen atoms in total. The maximum Gasteiger partial charge on any atom is 0.163 e. The fraction of sp³-hybridized carbons (Fsp3) is 0.273. The van der Waals surface area contributed by atoms with Gasteiger partial charge in [0.15, 0.2) is 23.1 Å². The third-order valence-electron chi connectivity index (χ3n) is 4.87. The number of halogens is 3. The van der Waals surface area contributed by atoms with Gasteiger partial charge in [-0.1, -0.05) is 12.1 Å². The van der Waals surface area contributed by atoms with Crippen molar-refractivity contribution in [2.45, 2.75) is 26.4 Å². The van der Waals surface area contributed by atoms with Crippen molar-refractivity contribution in [2.75, 3.05) is 13.2 Å². The van der Waals surface area contributed by atoms with Gasteiger partial charge in [0.2, 0.25) is 0 Å². The van der Waals surface area contributed by atoms with Crippen LogP contribution in [-0.4, -0.2) is 17.8 Å². The number of rotatable bonds is 5. The molecule has 0 saturated heterocycles. The molecule has 2 aromatic carbocycles. The number of ether oxygens (including phenoxy) is 2. The van der Waals surface area contributed by atoms with E-state index in [1.54, 1.807) is 6.07 Å². The molecule has 2 heterocycles. The zero-order chi connectivity index (χ0) is 19.7. The molecule has 7 heteroatoms. The van der Waals surface area contributed by atoms with Crippen LogP contribution in [0.1, 0.15) is 36.7 Å². The van der Waals surface area contributed by atoms with Crippen molar-refractivity contribution < 1.29 is 30.7 Å². The second-order valence-electron chi connectivity index (χ2n) is 6.55. The first kappa shape index (κ1) is 21.1. The first-order chi connectivity index (χ1) is 13.6. The molecular weight excluding hydrogens is 398 g/mol. The van der Waals surface area contributed by atoms with Crippen molar-refractivity contribution in [3.63, 3.8) is 0 Å². The first-order valence-electron chi connectivity index (χ1n) is 9.41. The van der Waals surface area contributed by atoms with Gasteiger partial charge in [-0.15, -0.1) is 0 Å². The lowest BCUT2D eigenvalue weighted by Gasteiger charge is -2.19. The molecule has 0 radical (unpaired) electrons. The maximum atomic E-state index is 14.5. The zero-order valence-electron chi connectivity index (χ0n) is 16.2. The Bertz CT molecular complexity index is 1010. The predicted octanol–water partition coefficient (Wildman–Crippen LogP) is 1.75. The van der Waals surface area contributed by atoms with E-state index in [4.69, 9.17) is 9.47 Å². The van der Waals surface area contributed by atoms with Gasteiger partial charge in [0.1, 0.15) is 0 Å². The standard InChI is InChI=1S/C22H22F2N2O2.ClH/c1-3-27-19-11-14-13-25-22(15-7-5-8-16(23)21(15)24)17-9-6-10-26(17)18(14)12-20(19)28-4-2;/h5-12,22,25H,3-4,13H2,1-2H3;1H/p-1. The average Bonchev–Trinajstić information content (AvgIpc) is 3.11. The number of fused-ring (bicyclic) bond motifs is 3. The third-order valence-corrected chi connectivity index (χ3v) is 4.87. The summed E-state index contributed by atoms with van der Waals surface area (Å²) in [6.07, 6.45) is 1.92. The molecule has 1 aliphatic rings. The zero-order valence-corrected chi connectivity index (χ0v) is 17.0. The number of nitrogens with zero attached hydrogens (tertiary/aromatic N) is 1. The van der Waals surface area contributed by atoms with Crippen molar-refractivity contribution in [1.29, 1.82) is 0 Å². The summed E-state index contributed by atoms with van der Waals surface area (Å²) in [4.78, 5) is 0. The van der Waals surface area contributed by atoms with Gasteiger partial charge in [0.25, 0.3) is 0 Å². The summed E-state index contributed by atoms with van der Waals surface area (Å²) < 4.78 is 41.8. The molecule has 1 aromatic heterocycles. The Morgan fingerprint density at radius 2 is 1.76 bits per heavy atom. The average molecular weight is 420 g/mol. The molecule has 1 atom stereocenters. The van der Waals surface area contributed by atoms with Crippen LogP contribution in [0, 0.1) is 11.6 Å². The highest BCUT2D eigenvalue weighted by Gasteiger charge is 2.27. The van der Waals surface area contributed by atoms with Crippen LogP contribution >= 0.6 is 0 Å². The Morgan fingerprint density at radius 1 is 1.03 bits per heavy atom. The third kappa shape index (κ3) is 3.82. The van der Waals surface area contributed by atoms with E-state index in [0.717, 1.165) is 23.0 Å². The Kier molecular flexibility index (Phi) is 6.45. The molecule has 3 aromatic rings. The highest BCUT2D eigenvalue weighted by atomic mass is 35.5. The lowest BCUT2D eigenvalue weighted by molar-refractivity contribution is -0.00000765. The van der Waals surface area contributed by atoms with Crippen molar-refractivity contribution in [3.05, 3.63) is 77.1 Å². The Morgan fingerprint density at radius 3 is 2.48 bits per heavy atom. The van der Waals surface area contributed by atoms with Crippen LogP contribution in [0.4, 0.5) is 8.78 Å². The number of nitrogens with one attached hydrogen (secondary N) is 1. The smallest absolute Gasteiger partial charge is 0.163 e.